The number of hydrogen-bond donors (Lipinski definition) is 1. The lowest BCUT2D eigenvalue weighted by molar-refractivity contribution is -0.153. The molecule has 7 heteroatoms. The first-order chi connectivity index (χ1) is 13.0. The van der Waals surface area contributed by atoms with Crippen LogP contribution in [0.1, 0.15) is 16.5 Å². The fourth-order valence-electron chi connectivity index (χ4n) is 4.38. The van der Waals surface area contributed by atoms with E-state index in [0.29, 0.717) is 0 Å². The molecular weight excluding hydrogens is 364 g/mol. The molecule has 2 amide bonds. The molecule has 0 spiro atoms. The zero-order valence-electron chi connectivity index (χ0n) is 15.0. The summed E-state index contributed by atoms with van der Waals surface area (Å²) in [6.07, 6.45) is 0.274. The van der Waals surface area contributed by atoms with Gasteiger partial charge in [-0.3, -0.25) is 24.6 Å². The van der Waals surface area contributed by atoms with E-state index in [1.54, 1.807) is 0 Å². The first-order valence-electron chi connectivity index (χ1n) is 8.74. The Labute approximate surface area is 161 Å². The van der Waals surface area contributed by atoms with Crippen LogP contribution in [-0.2, 0) is 25.5 Å². The summed E-state index contributed by atoms with van der Waals surface area (Å²) in [6.45, 7) is 0. The van der Waals surface area contributed by atoms with E-state index < -0.39 is 29.4 Å². The maximum Gasteiger partial charge on any atom is 0.327 e. The van der Waals surface area contributed by atoms with Gasteiger partial charge in [-0.2, -0.15) is 0 Å². The van der Waals surface area contributed by atoms with Gasteiger partial charge in [0.2, 0.25) is 11.8 Å². The molecule has 2 aliphatic rings. The number of methoxy groups -OCH3 is 1. The van der Waals surface area contributed by atoms with E-state index in [9.17, 15) is 14.4 Å². The van der Waals surface area contributed by atoms with Crippen LogP contribution in [0, 0.1) is 11.8 Å². The number of thiophene rings is 1. The van der Waals surface area contributed by atoms with Gasteiger partial charge in [-0.15, -0.1) is 11.3 Å². The summed E-state index contributed by atoms with van der Waals surface area (Å²) >= 11 is 1.50. The number of benzene rings is 1. The van der Waals surface area contributed by atoms with Gasteiger partial charge in [0.1, 0.15) is 5.54 Å². The van der Waals surface area contributed by atoms with E-state index in [1.807, 2.05) is 47.8 Å². The number of carbonyl (C=O) groups is 3. The zero-order valence-corrected chi connectivity index (χ0v) is 15.9. The van der Waals surface area contributed by atoms with Crippen LogP contribution in [0.2, 0.25) is 0 Å². The number of fused-ring (bicyclic) bond motifs is 1. The molecule has 27 heavy (non-hydrogen) atoms. The molecule has 4 rings (SSSR count). The van der Waals surface area contributed by atoms with E-state index in [4.69, 9.17) is 4.74 Å². The van der Waals surface area contributed by atoms with E-state index in [0.717, 1.165) is 15.3 Å². The standard InChI is InChI=1S/C20H20N2O4S/c1-22-17(23)14-15(18(22)24)20(19(25)26-2,11-12-7-4-3-5-8-12)21-16(14)13-9-6-10-27-13/h3-10,14-16,21H,11H2,1-2H3/t14-,15-,16+,20+/m0/s1. The fraction of sp³-hybridized carbons (Fsp3) is 0.350. The molecule has 2 aliphatic heterocycles. The van der Waals surface area contributed by atoms with Crippen molar-refractivity contribution in [1.82, 2.24) is 10.2 Å². The number of amides is 2. The Kier molecular flexibility index (Phi) is 4.36. The van der Waals surface area contributed by atoms with Gasteiger partial charge in [-0.1, -0.05) is 36.4 Å². The highest BCUT2D eigenvalue weighted by Gasteiger charge is 2.68. The third-order valence-electron chi connectivity index (χ3n) is 5.60. The molecule has 0 unspecified atom stereocenters. The van der Waals surface area contributed by atoms with Crippen LogP contribution in [-0.4, -0.2) is 42.4 Å². The molecule has 1 N–H and O–H groups in total. The number of imide groups is 1. The Morgan fingerprint density at radius 1 is 1.19 bits per heavy atom. The fourth-order valence-corrected chi connectivity index (χ4v) is 5.21. The Hall–Kier alpha value is -2.51. The Morgan fingerprint density at radius 2 is 1.93 bits per heavy atom. The predicted octanol–water partition coefficient (Wildman–Crippen LogP) is 1.78. The molecular formula is C20H20N2O4S. The number of esters is 1. The van der Waals surface area contributed by atoms with Crippen LogP contribution in [0.25, 0.3) is 0 Å². The van der Waals surface area contributed by atoms with E-state index in [2.05, 4.69) is 5.32 Å². The second-order valence-electron chi connectivity index (χ2n) is 7.00. The van der Waals surface area contributed by atoms with Gasteiger partial charge in [0, 0.05) is 18.3 Å². The topological polar surface area (TPSA) is 75.7 Å². The number of nitrogens with zero attached hydrogens (tertiary/aromatic N) is 1. The number of nitrogens with one attached hydrogen (secondary N) is 1. The highest BCUT2D eigenvalue weighted by atomic mass is 32.1. The van der Waals surface area contributed by atoms with E-state index in [1.165, 1.54) is 25.5 Å². The van der Waals surface area contributed by atoms with Crippen molar-refractivity contribution >= 4 is 29.1 Å². The quantitative estimate of drug-likeness (QED) is 0.642. The second kappa shape index (κ2) is 6.58. The molecule has 140 valence electrons. The molecule has 2 fully saturated rings. The summed E-state index contributed by atoms with van der Waals surface area (Å²) in [7, 11) is 2.80. The largest absolute Gasteiger partial charge is 0.468 e. The number of rotatable bonds is 4. The minimum atomic E-state index is -1.28. The van der Waals surface area contributed by atoms with Crippen molar-refractivity contribution in [2.24, 2.45) is 11.8 Å². The van der Waals surface area contributed by atoms with Crippen LogP contribution in [0.3, 0.4) is 0 Å². The smallest absolute Gasteiger partial charge is 0.327 e. The summed E-state index contributed by atoms with van der Waals surface area (Å²) < 4.78 is 5.12. The summed E-state index contributed by atoms with van der Waals surface area (Å²) in [6, 6.07) is 12.9. The van der Waals surface area contributed by atoms with Crippen molar-refractivity contribution in [3.63, 3.8) is 0 Å². The number of carbonyl (C=O) groups excluding carboxylic acids is 3. The molecule has 3 heterocycles. The van der Waals surface area contributed by atoms with Crippen molar-refractivity contribution in [2.45, 2.75) is 18.0 Å². The van der Waals surface area contributed by atoms with Crippen LogP contribution >= 0.6 is 11.3 Å². The number of hydrogen-bond acceptors (Lipinski definition) is 6. The van der Waals surface area contributed by atoms with Crippen LogP contribution in [0.5, 0.6) is 0 Å². The lowest BCUT2D eigenvalue weighted by atomic mass is 9.76. The van der Waals surface area contributed by atoms with E-state index in [-0.39, 0.29) is 18.2 Å². The zero-order chi connectivity index (χ0) is 19.2. The van der Waals surface area contributed by atoms with Gasteiger partial charge in [0.05, 0.1) is 25.0 Å². The third kappa shape index (κ3) is 2.61. The van der Waals surface area contributed by atoms with Crippen LogP contribution in [0.4, 0.5) is 0 Å². The molecule has 6 nitrogen and oxygen atoms in total. The van der Waals surface area contributed by atoms with Gasteiger partial charge >= 0.3 is 5.97 Å². The van der Waals surface area contributed by atoms with Gasteiger partial charge < -0.3 is 4.74 Å². The van der Waals surface area contributed by atoms with Gasteiger partial charge in [-0.25, -0.2) is 0 Å². The molecule has 0 bridgehead atoms. The maximum absolute atomic E-state index is 13.0. The van der Waals surface area contributed by atoms with Crippen molar-refractivity contribution in [2.75, 3.05) is 14.2 Å². The minimum Gasteiger partial charge on any atom is -0.468 e. The van der Waals surface area contributed by atoms with Crippen molar-refractivity contribution in [1.29, 1.82) is 0 Å². The maximum atomic E-state index is 13.0. The average molecular weight is 384 g/mol. The highest BCUT2D eigenvalue weighted by Crippen LogP contribution is 2.50. The SMILES string of the molecule is COC(=O)[C@]1(Cc2ccccc2)N[C@H](c2cccs2)[C@H]2C(=O)N(C)C(=O)[C@H]21. The molecule has 0 aliphatic carbocycles. The van der Waals surface area contributed by atoms with Gasteiger partial charge in [0.15, 0.2) is 0 Å². The summed E-state index contributed by atoms with van der Waals surface area (Å²) in [5.74, 6) is -2.52. The first-order valence-corrected chi connectivity index (χ1v) is 9.62. The van der Waals surface area contributed by atoms with Crippen LogP contribution < -0.4 is 5.32 Å². The number of ether oxygens (including phenoxy) is 1. The molecule has 2 saturated heterocycles. The Balaban J connectivity index is 1.85. The number of likely N-dealkylation sites (tertiary alicyclic amines) is 1. The van der Waals surface area contributed by atoms with E-state index >= 15 is 0 Å². The summed E-state index contributed by atoms with van der Waals surface area (Å²) in [4.78, 5) is 40.9. The third-order valence-corrected chi connectivity index (χ3v) is 6.56. The van der Waals surface area contributed by atoms with Crippen molar-refractivity contribution < 1.29 is 19.1 Å². The van der Waals surface area contributed by atoms with Gasteiger partial charge in [-0.05, 0) is 17.0 Å². The lowest BCUT2D eigenvalue weighted by Crippen LogP contribution is -2.57. The highest BCUT2D eigenvalue weighted by molar-refractivity contribution is 7.10. The minimum absolute atomic E-state index is 0.255. The molecule has 2 aromatic rings. The van der Waals surface area contributed by atoms with Crippen molar-refractivity contribution in [3.05, 3.63) is 58.3 Å². The lowest BCUT2D eigenvalue weighted by Gasteiger charge is -2.32. The first kappa shape index (κ1) is 17.9. The van der Waals surface area contributed by atoms with Gasteiger partial charge in [0.25, 0.3) is 0 Å². The second-order valence-corrected chi connectivity index (χ2v) is 7.98. The molecule has 1 aromatic carbocycles. The molecule has 0 radical (unpaired) electrons. The average Bonchev–Trinajstić information content (AvgIpc) is 3.37. The van der Waals surface area contributed by atoms with Crippen molar-refractivity contribution in [3.8, 4) is 0 Å². The van der Waals surface area contributed by atoms with Crippen LogP contribution in [0.15, 0.2) is 47.8 Å². The Bertz CT molecular complexity index is 883. The predicted molar refractivity (Wildman–Crippen MR) is 99.8 cm³/mol. The molecule has 4 atom stereocenters. The molecule has 0 saturated carbocycles. The molecule has 1 aromatic heterocycles. The monoisotopic (exact) mass is 384 g/mol. The Morgan fingerprint density at radius 3 is 2.56 bits per heavy atom. The summed E-state index contributed by atoms with van der Waals surface area (Å²) in [5.41, 5.74) is -0.386. The normalized spacial score (nSPS) is 29.9. The summed E-state index contributed by atoms with van der Waals surface area (Å²) in [5, 5.41) is 5.28.